The highest BCUT2D eigenvalue weighted by Crippen LogP contribution is 2.27. The minimum atomic E-state index is -0.934. The van der Waals surface area contributed by atoms with Gasteiger partial charge in [0.2, 0.25) is 5.82 Å². The van der Waals surface area contributed by atoms with Crippen LogP contribution in [0.25, 0.3) is 0 Å². The number of nitrogens with one attached hydrogen (secondary N) is 1. The summed E-state index contributed by atoms with van der Waals surface area (Å²) in [5.41, 5.74) is -0.581. The largest absolute Gasteiger partial charge is 0.457 e. The lowest BCUT2D eigenvalue weighted by Crippen LogP contribution is -2.01. The molecule has 2 rings (SSSR count). The lowest BCUT2D eigenvalue weighted by Gasteiger charge is -2.08. The second kappa shape index (κ2) is 6.65. The van der Waals surface area contributed by atoms with Crippen molar-refractivity contribution >= 4 is 11.5 Å². The van der Waals surface area contributed by atoms with E-state index in [9.17, 15) is 14.5 Å². The standard InChI is InChI=1S/C14H14FN3O3/c1-2-6-16-14-9-11(5-7-17-14)21-10-3-4-13(18(19)20)12(15)8-10/h3-5,7-9H,2,6H2,1H3,(H,16,17). The molecule has 21 heavy (non-hydrogen) atoms. The van der Waals surface area contributed by atoms with Gasteiger partial charge in [-0.15, -0.1) is 0 Å². The third-order valence-corrected chi connectivity index (χ3v) is 2.64. The first-order valence-corrected chi connectivity index (χ1v) is 6.42. The summed E-state index contributed by atoms with van der Waals surface area (Å²) in [6.07, 6.45) is 2.52. The smallest absolute Gasteiger partial charge is 0.305 e. The van der Waals surface area contributed by atoms with Crippen LogP contribution in [-0.2, 0) is 0 Å². The summed E-state index contributed by atoms with van der Waals surface area (Å²) in [7, 11) is 0. The topological polar surface area (TPSA) is 77.3 Å². The molecule has 1 N–H and O–H groups in total. The van der Waals surface area contributed by atoms with E-state index in [0.717, 1.165) is 25.1 Å². The minimum absolute atomic E-state index is 0.186. The SMILES string of the molecule is CCCNc1cc(Oc2ccc([N+](=O)[O-])c(F)c2)ccn1. The van der Waals surface area contributed by atoms with Crippen molar-refractivity contribution in [1.82, 2.24) is 4.98 Å². The summed E-state index contributed by atoms with van der Waals surface area (Å²) in [5.74, 6) is 0.371. The van der Waals surface area contributed by atoms with Crippen LogP contribution in [0, 0.1) is 15.9 Å². The number of anilines is 1. The van der Waals surface area contributed by atoms with Gasteiger partial charge in [-0.1, -0.05) is 6.92 Å². The Kier molecular flexibility index (Phi) is 4.65. The molecule has 0 spiro atoms. The van der Waals surface area contributed by atoms with Crippen molar-refractivity contribution in [2.24, 2.45) is 0 Å². The number of hydrogen-bond acceptors (Lipinski definition) is 5. The van der Waals surface area contributed by atoms with Crippen LogP contribution in [0.1, 0.15) is 13.3 Å². The normalized spacial score (nSPS) is 10.2. The summed E-state index contributed by atoms with van der Waals surface area (Å²) in [5, 5.41) is 13.6. The van der Waals surface area contributed by atoms with E-state index < -0.39 is 16.4 Å². The summed E-state index contributed by atoms with van der Waals surface area (Å²) in [6.45, 7) is 2.82. The molecule has 0 bridgehead atoms. The molecule has 0 saturated carbocycles. The first-order chi connectivity index (χ1) is 10.1. The molecule has 0 aliphatic carbocycles. The van der Waals surface area contributed by atoms with Crippen LogP contribution in [0.2, 0.25) is 0 Å². The fourth-order valence-corrected chi connectivity index (χ4v) is 1.66. The molecule has 1 heterocycles. The lowest BCUT2D eigenvalue weighted by atomic mass is 10.3. The van der Waals surface area contributed by atoms with Crippen LogP contribution in [0.3, 0.4) is 0 Å². The molecule has 0 fully saturated rings. The van der Waals surface area contributed by atoms with E-state index in [1.165, 1.54) is 6.07 Å². The summed E-state index contributed by atoms with van der Waals surface area (Å²) in [6, 6.07) is 6.70. The van der Waals surface area contributed by atoms with Gasteiger partial charge in [-0.3, -0.25) is 10.1 Å². The molecule has 0 saturated heterocycles. The van der Waals surface area contributed by atoms with Crippen LogP contribution in [-0.4, -0.2) is 16.5 Å². The predicted molar refractivity (Wildman–Crippen MR) is 76.1 cm³/mol. The fourth-order valence-electron chi connectivity index (χ4n) is 1.66. The van der Waals surface area contributed by atoms with Gasteiger partial charge in [0.1, 0.15) is 17.3 Å². The molecule has 1 aromatic carbocycles. The van der Waals surface area contributed by atoms with Gasteiger partial charge in [0, 0.05) is 30.9 Å². The zero-order chi connectivity index (χ0) is 15.2. The number of nitro benzene ring substituents is 1. The zero-order valence-electron chi connectivity index (χ0n) is 11.4. The molecule has 0 unspecified atom stereocenters. The number of benzene rings is 1. The molecular formula is C14H14FN3O3. The average molecular weight is 291 g/mol. The van der Waals surface area contributed by atoms with E-state index in [-0.39, 0.29) is 5.75 Å². The highest BCUT2D eigenvalue weighted by atomic mass is 19.1. The van der Waals surface area contributed by atoms with Crippen molar-refractivity contribution in [3.63, 3.8) is 0 Å². The van der Waals surface area contributed by atoms with Gasteiger partial charge in [0.05, 0.1) is 4.92 Å². The van der Waals surface area contributed by atoms with Crippen LogP contribution in [0.4, 0.5) is 15.9 Å². The lowest BCUT2D eigenvalue weighted by molar-refractivity contribution is -0.387. The second-order valence-corrected chi connectivity index (χ2v) is 4.28. The van der Waals surface area contributed by atoms with Crippen LogP contribution in [0.5, 0.6) is 11.5 Å². The summed E-state index contributed by atoms with van der Waals surface area (Å²) >= 11 is 0. The highest BCUT2D eigenvalue weighted by Gasteiger charge is 2.14. The van der Waals surface area contributed by atoms with E-state index >= 15 is 0 Å². The number of ether oxygens (including phenoxy) is 1. The van der Waals surface area contributed by atoms with Gasteiger partial charge in [-0.05, 0) is 18.6 Å². The Hall–Kier alpha value is -2.70. The van der Waals surface area contributed by atoms with Gasteiger partial charge in [0.15, 0.2) is 0 Å². The Bertz CT molecular complexity index is 649. The maximum Gasteiger partial charge on any atom is 0.305 e. The quantitative estimate of drug-likeness (QED) is 0.648. The van der Waals surface area contributed by atoms with Crippen molar-refractivity contribution in [3.05, 3.63) is 52.5 Å². The number of nitrogens with zero attached hydrogens (tertiary/aromatic N) is 2. The van der Waals surface area contributed by atoms with Gasteiger partial charge in [-0.2, -0.15) is 4.39 Å². The molecule has 110 valence electrons. The molecule has 0 aliphatic heterocycles. The van der Waals surface area contributed by atoms with E-state index in [1.807, 2.05) is 6.92 Å². The maximum atomic E-state index is 13.5. The Morgan fingerprint density at radius 3 is 2.76 bits per heavy atom. The van der Waals surface area contributed by atoms with Crippen molar-refractivity contribution in [1.29, 1.82) is 0 Å². The maximum absolute atomic E-state index is 13.5. The van der Waals surface area contributed by atoms with E-state index in [2.05, 4.69) is 10.3 Å². The molecule has 6 nitrogen and oxygen atoms in total. The van der Waals surface area contributed by atoms with E-state index in [4.69, 9.17) is 4.74 Å². The number of rotatable bonds is 6. The number of nitro groups is 1. The second-order valence-electron chi connectivity index (χ2n) is 4.28. The summed E-state index contributed by atoms with van der Waals surface area (Å²) in [4.78, 5) is 13.9. The molecule has 0 radical (unpaired) electrons. The molecule has 1 aromatic heterocycles. The van der Waals surface area contributed by atoms with Crippen molar-refractivity contribution in [2.75, 3.05) is 11.9 Å². The predicted octanol–water partition coefficient (Wildman–Crippen LogP) is 3.74. The van der Waals surface area contributed by atoms with Crippen LogP contribution >= 0.6 is 0 Å². The molecule has 2 aromatic rings. The zero-order valence-corrected chi connectivity index (χ0v) is 11.4. The molecule has 0 amide bonds. The van der Waals surface area contributed by atoms with Gasteiger partial charge < -0.3 is 10.1 Å². The van der Waals surface area contributed by atoms with Crippen LogP contribution < -0.4 is 10.1 Å². The molecule has 7 heteroatoms. The molecular weight excluding hydrogens is 277 g/mol. The Balaban J connectivity index is 2.14. The van der Waals surface area contributed by atoms with Gasteiger partial charge in [-0.25, -0.2) is 4.98 Å². The number of halogens is 1. The van der Waals surface area contributed by atoms with Crippen molar-refractivity contribution in [3.8, 4) is 11.5 Å². The monoisotopic (exact) mass is 291 g/mol. The first kappa shape index (κ1) is 14.7. The Morgan fingerprint density at radius 2 is 2.10 bits per heavy atom. The fraction of sp³-hybridized carbons (Fsp3) is 0.214. The average Bonchev–Trinajstić information content (AvgIpc) is 2.45. The van der Waals surface area contributed by atoms with Gasteiger partial charge >= 0.3 is 5.69 Å². The third kappa shape index (κ3) is 3.88. The van der Waals surface area contributed by atoms with E-state index in [1.54, 1.807) is 18.3 Å². The minimum Gasteiger partial charge on any atom is -0.457 e. The summed E-state index contributed by atoms with van der Waals surface area (Å²) < 4.78 is 19.0. The highest BCUT2D eigenvalue weighted by molar-refractivity contribution is 5.44. The van der Waals surface area contributed by atoms with Crippen LogP contribution in [0.15, 0.2) is 36.5 Å². The Morgan fingerprint density at radius 1 is 1.33 bits per heavy atom. The number of pyridine rings is 1. The number of hydrogen-bond donors (Lipinski definition) is 1. The first-order valence-electron chi connectivity index (χ1n) is 6.42. The molecule has 0 atom stereocenters. The molecule has 0 aliphatic rings. The number of aromatic nitrogens is 1. The van der Waals surface area contributed by atoms with Gasteiger partial charge in [0.25, 0.3) is 0 Å². The van der Waals surface area contributed by atoms with Crippen molar-refractivity contribution < 1.29 is 14.1 Å². The van der Waals surface area contributed by atoms with E-state index in [0.29, 0.717) is 11.6 Å². The Labute approximate surface area is 120 Å². The van der Waals surface area contributed by atoms with Crippen molar-refractivity contribution in [2.45, 2.75) is 13.3 Å². The third-order valence-electron chi connectivity index (χ3n) is 2.64.